The minimum Gasteiger partial charge on any atom is -0.306 e. The largest absolute Gasteiger partial charge is 0.306 e. The van der Waals surface area contributed by atoms with Gasteiger partial charge < -0.3 is 5.32 Å². The Hall–Kier alpha value is -2.20. The van der Waals surface area contributed by atoms with Gasteiger partial charge in [0.2, 0.25) is 0 Å². The van der Waals surface area contributed by atoms with Crippen molar-refractivity contribution in [3.8, 4) is 0 Å². The van der Waals surface area contributed by atoms with Gasteiger partial charge in [-0.05, 0) is 29.6 Å². The molecule has 0 aliphatic carbocycles. The van der Waals surface area contributed by atoms with E-state index < -0.39 is 0 Å². The van der Waals surface area contributed by atoms with Gasteiger partial charge in [0, 0.05) is 5.39 Å². The van der Waals surface area contributed by atoms with Crippen LogP contribution in [-0.2, 0) is 0 Å². The molecule has 0 radical (unpaired) electrons. The highest BCUT2D eigenvalue weighted by Crippen LogP contribution is 2.16. The SMILES string of the molecule is O=C(Nc1ccc2ccccc2n1)c1cccs1. The van der Waals surface area contributed by atoms with Crippen molar-refractivity contribution in [2.75, 3.05) is 5.32 Å². The Labute approximate surface area is 108 Å². The zero-order chi connectivity index (χ0) is 12.4. The number of hydrogen-bond donors (Lipinski definition) is 1. The third-order valence-corrected chi connectivity index (χ3v) is 3.45. The van der Waals surface area contributed by atoms with Gasteiger partial charge in [-0.1, -0.05) is 24.3 Å². The van der Waals surface area contributed by atoms with Gasteiger partial charge in [-0.2, -0.15) is 0 Å². The zero-order valence-electron chi connectivity index (χ0n) is 9.46. The van der Waals surface area contributed by atoms with Crippen molar-refractivity contribution in [3.05, 3.63) is 58.8 Å². The number of nitrogens with one attached hydrogen (secondary N) is 1. The van der Waals surface area contributed by atoms with Crippen LogP contribution in [0.4, 0.5) is 5.82 Å². The van der Waals surface area contributed by atoms with Crippen molar-refractivity contribution in [1.82, 2.24) is 4.98 Å². The highest BCUT2D eigenvalue weighted by Gasteiger charge is 2.07. The standard InChI is InChI=1S/C14H10N2OS/c17-14(12-6-3-9-18-12)16-13-8-7-10-4-1-2-5-11(10)15-13/h1-9H,(H,15,16,17). The van der Waals surface area contributed by atoms with Crippen LogP contribution >= 0.6 is 11.3 Å². The fourth-order valence-electron chi connectivity index (χ4n) is 1.72. The predicted octanol–water partition coefficient (Wildman–Crippen LogP) is 3.55. The molecule has 0 aliphatic heterocycles. The lowest BCUT2D eigenvalue weighted by atomic mass is 10.2. The van der Waals surface area contributed by atoms with Crippen LogP contribution in [0, 0.1) is 0 Å². The predicted molar refractivity (Wildman–Crippen MR) is 74.0 cm³/mol. The van der Waals surface area contributed by atoms with Crippen molar-refractivity contribution in [2.24, 2.45) is 0 Å². The van der Waals surface area contributed by atoms with Crippen LogP contribution in [0.1, 0.15) is 9.67 Å². The third kappa shape index (κ3) is 2.10. The second kappa shape index (κ2) is 4.58. The van der Waals surface area contributed by atoms with Gasteiger partial charge >= 0.3 is 0 Å². The van der Waals surface area contributed by atoms with E-state index in [0.29, 0.717) is 10.7 Å². The number of carbonyl (C=O) groups is 1. The van der Waals surface area contributed by atoms with Crippen molar-refractivity contribution in [1.29, 1.82) is 0 Å². The molecule has 4 heteroatoms. The number of fused-ring (bicyclic) bond motifs is 1. The van der Waals surface area contributed by atoms with Crippen molar-refractivity contribution >= 4 is 34.0 Å². The summed E-state index contributed by atoms with van der Waals surface area (Å²) >= 11 is 1.41. The maximum atomic E-state index is 11.9. The first kappa shape index (κ1) is 10.9. The first-order valence-electron chi connectivity index (χ1n) is 5.53. The van der Waals surface area contributed by atoms with Crippen LogP contribution in [0.15, 0.2) is 53.9 Å². The second-order valence-electron chi connectivity index (χ2n) is 3.82. The van der Waals surface area contributed by atoms with E-state index in [9.17, 15) is 4.79 Å². The van der Waals surface area contributed by atoms with Gasteiger partial charge in [-0.15, -0.1) is 11.3 Å². The molecule has 0 saturated carbocycles. The number of nitrogens with zero attached hydrogens (tertiary/aromatic N) is 1. The lowest BCUT2D eigenvalue weighted by Crippen LogP contribution is -2.11. The van der Waals surface area contributed by atoms with Crippen molar-refractivity contribution in [2.45, 2.75) is 0 Å². The van der Waals surface area contributed by atoms with E-state index in [1.807, 2.05) is 47.8 Å². The molecule has 2 heterocycles. The smallest absolute Gasteiger partial charge is 0.266 e. The fraction of sp³-hybridized carbons (Fsp3) is 0. The number of anilines is 1. The van der Waals surface area contributed by atoms with Crippen LogP contribution in [0.3, 0.4) is 0 Å². The molecule has 88 valence electrons. The summed E-state index contributed by atoms with van der Waals surface area (Å²) < 4.78 is 0. The van der Waals surface area contributed by atoms with Crippen LogP contribution in [0.5, 0.6) is 0 Å². The zero-order valence-corrected chi connectivity index (χ0v) is 10.3. The van der Waals surface area contributed by atoms with E-state index in [1.54, 1.807) is 6.07 Å². The normalized spacial score (nSPS) is 10.4. The third-order valence-electron chi connectivity index (χ3n) is 2.58. The second-order valence-corrected chi connectivity index (χ2v) is 4.77. The first-order valence-corrected chi connectivity index (χ1v) is 6.41. The molecular weight excluding hydrogens is 244 g/mol. The molecule has 3 nitrogen and oxygen atoms in total. The number of aromatic nitrogens is 1. The van der Waals surface area contributed by atoms with Gasteiger partial charge in [-0.25, -0.2) is 4.98 Å². The maximum absolute atomic E-state index is 11.9. The van der Waals surface area contributed by atoms with Gasteiger partial charge in [0.25, 0.3) is 5.91 Å². The van der Waals surface area contributed by atoms with Crippen LogP contribution in [-0.4, -0.2) is 10.9 Å². The van der Waals surface area contributed by atoms with Crippen LogP contribution in [0.2, 0.25) is 0 Å². The Balaban J connectivity index is 1.89. The quantitative estimate of drug-likeness (QED) is 0.760. The summed E-state index contributed by atoms with van der Waals surface area (Å²) in [6.45, 7) is 0. The minimum absolute atomic E-state index is 0.118. The summed E-state index contributed by atoms with van der Waals surface area (Å²) in [4.78, 5) is 17.0. The summed E-state index contributed by atoms with van der Waals surface area (Å²) in [7, 11) is 0. The van der Waals surface area contributed by atoms with Crippen LogP contribution < -0.4 is 5.32 Å². The number of para-hydroxylation sites is 1. The molecular formula is C14H10N2OS. The van der Waals surface area contributed by atoms with E-state index in [-0.39, 0.29) is 5.91 Å². The molecule has 3 rings (SSSR count). The summed E-state index contributed by atoms with van der Waals surface area (Å²) in [5, 5.41) is 5.74. The molecule has 0 fully saturated rings. The monoisotopic (exact) mass is 254 g/mol. The molecule has 0 spiro atoms. The Bertz CT molecular complexity index is 692. The molecule has 2 aromatic heterocycles. The van der Waals surface area contributed by atoms with Crippen molar-refractivity contribution in [3.63, 3.8) is 0 Å². The lowest BCUT2D eigenvalue weighted by molar-refractivity contribution is 0.103. The summed E-state index contributed by atoms with van der Waals surface area (Å²) in [5.74, 6) is 0.458. The number of thiophene rings is 1. The molecule has 0 bridgehead atoms. The molecule has 18 heavy (non-hydrogen) atoms. The molecule has 0 aliphatic rings. The van der Waals surface area contributed by atoms with Crippen molar-refractivity contribution < 1.29 is 4.79 Å². The van der Waals surface area contributed by atoms with Gasteiger partial charge in [-0.3, -0.25) is 4.79 Å². The number of hydrogen-bond acceptors (Lipinski definition) is 3. The molecule has 0 unspecified atom stereocenters. The number of amides is 1. The summed E-state index contributed by atoms with van der Waals surface area (Å²) in [6.07, 6.45) is 0. The van der Waals surface area contributed by atoms with E-state index in [0.717, 1.165) is 10.9 Å². The number of carbonyl (C=O) groups excluding carboxylic acids is 1. The van der Waals surface area contributed by atoms with Gasteiger partial charge in [0.1, 0.15) is 5.82 Å². The molecule has 3 aromatic rings. The lowest BCUT2D eigenvalue weighted by Gasteiger charge is -2.04. The Morgan fingerprint density at radius 1 is 1.06 bits per heavy atom. The summed E-state index contributed by atoms with van der Waals surface area (Å²) in [5.41, 5.74) is 0.876. The molecule has 1 N–H and O–H groups in total. The first-order chi connectivity index (χ1) is 8.83. The van der Waals surface area contributed by atoms with Gasteiger partial charge in [0.05, 0.1) is 10.4 Å². The Morgan fingerprint density at radius 2 is 1.94 bits per heavy atom. The van der Waals surface area contributed by atoms with E-state index in [1.165, 1.54) is 11.3 Å². The van der Waals surface area contributed by atoms with E-state index in [2.05, 4.69) is 10.3 Å². The average molecular weight is 254 g/mol. The fourth-order valence-corrected chi connectivity index (χ4v) is 2.34. The molecule has 0 saturated heterocycles. The summed E-state index contributed by atoms with van der Waals surface area (Å²) in [6, 6.07) is 15.2. The number of pyridine rings is 1. The van der Waals surface area contributed by atoms with Gasteiger partial charge in [0.15, 0.2) is 0 Å². The highest BCUT2D eigenvalue weighted by molar-refractivity contribution is 7.12. The number of rotatable bonds is 2. The molecule has 1 aromatic carbocycles. The Morgan fingerprint density at radius 3 is 2.78 bits per heavy atom. The van der Waals surface area contributed by atoms with E-state index >= 15 is 0 Å². The maximum Gasteiger partial charge on any atom is 0.266 e. The highest BCUT2D eigenvalue weighted by atomic mass is 32.1. The number of benzene rings is 1. The average Bonchev–Trinajstić information content (AvgIpc) is 2.92. The molecule has 0 atom stereocenters. The van der Waals surface area contributed by atoms with Crippen LogP contribution in [0.25, 0.3) is 10.9 Å². The van der Waals surface area contributed by atoms with E-state index in [4.69, 9.17) is 0 Å². The topological polar surface area (TPSA) is 42.0 Å². The molecule has 1 amide bonds. The minimum atomic E-state index is -0.118. The Kier molecular flexibility index (Phi) is 2.78.